The largest absolute Gasteiger partial charge is 0.486 e. The fraction of sp³-hybridized carbons (Fsp3) is 0.310. The van der Waals surface area contributed by atoms with Gasteiger partial charge in [0.2, 0.25) is 0 Å². The summed E-state index contributed by atoms with van der Waals surface area (Å²) in [7, 11) is 2.12. The van der Waals surface area contributed by atoms with Gasteiger partial charge in [-0.1, -0.05) is 48.5 Å². The summed E-state index contributed by atoms with van der Waals surface area (Å²) in [4.78, 5) is 4.60. The van der Waals surface area contributed by atoms with Crippen LogP contribution in [-0.4, -0.2) is 51.3 Å². The molecule has 0 aliphatic carbocycles. The molecule has 1 atom stereocenters. The molecule has 0 saturated carbocycles. The molecule has 4 nitrogen and oxygen atoms in total. The topological polar surface area (TPSA) is 24.9 Å². The number of likely N-dealkylation sites (N-methyl/N-ethyl adjacent to an activating group) is 1. The number of hydrogen-bond donors (Lipinski definition) is 0. The van der Waals surface area contributed by atoms with Crippen LogP contribution in [0.4, 0.5) is 14.5 Å². The molecule has 0 amide bonds. The van der Waals surface area contributed by atoms with Crippen LogP contribution in [-0.2, 0) is 0 Å². The Hall–Kier alpha value is -3.38. The van der Waals surface area contributed by atoms with Crippen molar-refractivity contribution < 1.29 is 18.3 Å². The highest BCUT2D eigenvalue weighted by Crippen LogP contribution is 2.40. The first-order valence-corrected chi connectivity index (χ1v) is 12.1. The van der Waals surface area contributed by atoms with Crippen LogP contribution < -0.4 is 14.4 Å². The number of piperazine rings is 1. The Kier molecular flexibility index (Phi) is 7.00. The van der Waals surface area contributed by atoms with Gasteiger partial charge in [-0.25, -0.2) is 0 Å². The van der Waals surface area contributed by atoms with Crippen molar-refractivity contribution in [1.29, 1.82) is 0 Å². The van der Waals surface area contributed by atoms with E-state index in [0.717, 1.165) is 43.0 Å². The lowest BCUT2D eigenvalue weighted by Gasteiger charge is -2.34. The lowest BCUT2D eigenvalue weighted by molar-refractivity contribution is 0.171. The molecule has 1 unspecified atom stereocenters. The van der Waals surface area contributed by atoms with Crippen molar-refractivity contribution in [2.75, 3.05) is 51.3 Å². The molecule has 2 heterocycles. The van der Waals surface area contributed by atoms with Crippen LogP contribution in [0.2, 0.25) is 0 Å². The van der Waals surface area contributed by atoms with Gasteiger partial charge in [-0.3, -0.25) is 0 Å². The Morgan fingerprint density at radius 3 is 2.17 bits per heavy atom. The first kappa shape index (κ1) is 23.4. The Labute approximate surface area is 205 Å². The maximum atomic E-state index is 14.4. The van der Waals surface area contributed by atoms with E-state index in [2.05, 4.69) is 16.8 Å². The van der Waals surface area contributed by atoms with E-state index in [4.69, 9.17) is 9.47 Å². The molecule has 35 heavy (non-hydrogen) atoms. The minimum absolute atomic E-state index is 0.0682. The number of rotatable bonds is 6. The first-order chi connectivity index (χ1) is 17.1. The highest BCUT2D eigenvalue weighted by atomic mass is 19.3. The molecular formula is C29H30F2N2O2. The summed E-state index contributed by atoms with van der Waals surface area (Å²) in [5, 5.41) is 0. The number of fused-ring (bicyclic) bond motifs is 1. The maximum Gasteiger partial charge on any atom is 0.274 e. The highest BCUT2D eigenvalue weighted by Gasteiger charge is 2.23. The monoisotopic (exact) mass is 476 g/mol. The molecule has 182 valence electrons. The summed E-state index contributed by atoms with van der Waals surface area (Å²) in [6.07, 6.45) is -1.46. The molecule has 3 aromatic carbocycles. The number of hydrogen-bond acceptors (Lipinski definition) is 4. The summed E-state index contributed by atoms with van der Waals surface area (Å²) < 4.78 is 40.2. The van der Waals surface area contributed by atoms with Crippen LogP contribution in [0.15, 0.2) is 78.9 Å². The van der Waals surface area contributed by atoms with Crippen molar-refractivity contribution in [2.24, 2.45) is 0 Å². The molecule has 6 heteroatoms. The number of halogens is 2. The quantitative estimate of drug-likeness (QED) is 0.433. The van der Waals surface area contributed by atoms with Crippen LogP contribution in [0.1, 0.15) is 29.0 Å². The lowest BCUT2D eigenvalue weighted by Crippen LogP contribution is -2.44. The summed E-state index contributed by atoms with van der Waals surface area (Å²) in [5.41, 5.74) is 3.61. The van der Waals surface area contributed by atoms with Crippen molar-refractivity contribution in [3.63, 3.8) is 0 Å². The van der Waals surface area contributed by atoms with Crippen LogP contribution in [0, 0.1) is 0 Å². The number of benzene rings is 3. The molecule has 2 aliphatic rings. The van der Waals surface area contributed by atoms with E-state index in [9.17, 15) is 8.78 Å². The summed E-state index contributed by atoms with van der Waals surface area (Å²) >= 11 is 0. The van der Waals surface area contributed by atoms with Gasteiger partial charge in [-0.15, -0.1) is 0 Å². The van der Waals surface area contributed by atoms with Gasteiger partial charge in [0.05, 0.1) is 0 Å². The molecule has 0 N–H and O–H groups in total. The number of nitrogens with zero attached hydrogens (tertiary/aromatic N) is 2. The smallest absolute Gasteiger partial charge is 0.274 e. The molecular weight excluding hydrogens is 446 g/mol. The fourth-order valence-electron chi connectivity index (χ4n) is 4.84. The maximum absolute atomic E-state index is 14.4. The SMILES string of the molecule is CN1CCN(c2ccc(C(CC(c3ccccc3)c3ccc4c(c3)OCCO4)=C(F)F)cc2)CC1. The van der Waals surface area contributed by atoms with Gasteiger partial charge in [0.1, 0.15) is 13.2 Å². The van der Waals surface area contributed by atoms with Gasteiger partial charge in [-0.2, -0.15) is 8.78 Å². The summed E-state index contributed by atoms with van der Waals surface area (Å²) in [6, 6.07) is 23.1. The van der Waals surface area contributed by atoms with Gasteiger partial charge in [-0.05, 0) is 54.4 Å². The number of allylic oxidation sites excluding steroid dienone is 1. The molecule has 1 fully saturated rings. The van der Waals surface area contributed by atoms with E-state index < -0.39 is 6.08 Å². The predicted octanol–water partition coefficient (Wildman–Crippen LogP) is 6.04. The van der Waals surface area contributed by atoms with Gasteiger partial charge < -0.3 is 19.3 Å². The van der Waals surface area contributed by atoms with Gasteiger partial charge in [0.25, 0.3) is 6.08 Å². The normalized spacial score (nSPS) is 16.6. The van der Waals surface area contributed by atoms with Crippen LogP contribution in [0.5, 0.6) is 11.5 Å². The minimum Gasteiger partial charge on any atom is -0.486 e. The number of anilines is 1. The zero-order valence-electron chi connectivity index (χ0n) is 19.9. The Morgan fingerprint density at radius 2 is 1.49 bits per heavy atom. The molecule has 0 spiro atoms. The second kappa shape index (κ2) is 10.5. The third-order valence-electron chi connectivity index (χ3n) is 6.89. The average Bonchev–Trinajstić information content (AvgIpc) is 2.90. The van der Waals surface area contributed by atoms with E-state index >= 15 is 0 Å². The van der Waals surface area contributed by atoms with Crippen molar-refractivity contribution in [2.45, 2.75) is 12.3 Å². The molecule has 0 aromatic heterocycles. The van der Waals surface area contributed by atoms with Crippen molar-refractivity contribution in [3.8, 4) is 11.5 Å². The molecule has 3 aromatic rings. The highest BCUT2D eigenvalue weighted by molar-refractivity contribution is 5.69. The van der Waals surface area contributed by atoms with Crippen LogP contribution >= 0.6 is 0 Å². The zero-order valence-corrected chi connectivity index (χ0v) is 19.9. The Bertz CT molecular complexity index is 1170. The second-order valence-corrected chi connectivity index (χ2v) is 9.15. The lowest BCUT2D eigenvalue weighted by atomic mass is 9.84. The molecule has 0 radical (unpaired) electrons. The van der Waals surface area contributed by atoms with Crippen molar-refractivity contribution in [1.82, 2.24) is 4.90 Å². The van der Waals surface area contributed by atoms with Gasteiger partial charge in [0.15, 0.2) is 11.5 Å². The Balaban J connectivity index is 1.44. The molecule has 1 saturated heterocycles. The van der Waals surface area contributed by atoms with E-state index in [1.807, 2.05) is 72.8 Å². The fourth-order valence-corrected chi connectivity index (χ4v) is 4.84. The minimum atomic E-state index is -1.64. The second-order valence-electron chi connectivity index (χ2n) is 9.15. The Morgan fingerprint density at radius 1 is 0.800 bits per heavy atom. The van der Waals surface area contributed by atoms with Crippen LogP contribution in [0.25, 0.3) is 5.57 Å². The van der Waals surface area contributed by atoms with Crippen LogP contribution in [0.3, 0.4) is 0 Å². The van der Waals surface area contributed by atoms with Gasteiger partial charge in [0, 0.05) is 43.4 Å². The van der Waals surface area contributed by atoms with E-state index in [1.54, 1.807) is 0 Å². The standard InChI is InChI=1S/C29H30F2N2O2/c1-32-13-15-33(16-14-32)24-10-7-22(8-11-24)26(29(30)31)20-25(21-5-3-2-4-6-21)23-9-12-27-28(19-23)35-18-17-34-27/h2-12,19,25H,13-18,20H2,1H3. The van der Waals surface area contributed by atoms with E-state index in [0.29, 0.717) is 30.3 Å². The average molecular weight is 477 g/mol. The third-order valence-corrected chi connectivity index (χ3v) is 6.89. The third kappa shape index (κ3) is 5.33. The van der Waals surface area contributed by atoms with E-state index in [1.165, 1.54) is 0 Å². The summed E-state index contributed by atoms with van der Waals surface area (Å²) in [6.45, 7) is 4.88. The number of ether oxygens (including phenoxy) is 2. The zero-order chi connectivity index (χ0) is 24.2. The molecule has 5 rings (SSSR count). The summed E-state index contributed by atoms with van der Waals surface area (Å²) in [5.74, 6) is 1.11. The van der Waals surface area contributed by atoms with Crippen molar-refractivity contribution in [3.05, 3.63) is 95.6 Å². The first-order valence-electron chi connectivity index (χ1n) is 12.1. The van der Waals surface area contributed by atoms with Crippen molar-refractivity contribution >= 4 is 11.3 Å². The van der Waals surface area contributed by atoms with Gasteiger partial charge >= 0.3 is 0 Å². The molecule has 2 aliphatic heterocycles. The van der Waals surface area contributed by atoms with E-state index in [-0.39, 0.29) is 17.9 Å². The molecule has 0 bridgehead atoms. The predicted molar refractivity (Wildman–Crippen MR) is 136 cm³/mol.